The molecule has 0 fully saturated rings. The van der Waals surface area contributed by atoms with Crippen molar-refractivity contribution < 1.29 is 18.0 Å². The van der Waals surface area contributed by atoms with Crippen LogP contribution in [0.4, 0.5) is 0 Å². The maximum atomic E-state index is 5.15. The van der Waals surface area contributed by atoms with E-state index in [1.165, 1.54) is 54.9 Å². The molecule has 178 valence electrons. The molecule has 0 unspecified atom stereocenters. The second-order valence-electron chi connectivity index (χ2n) is 8.67. The van der Waals surface area contributed by atoms with Crippen LogP contribution >= 0.6 is 17.0 Å². The summed E-state index contributed by atoms with van der Waals surface area (Å²) in [6.07, 6.45) is 0. The first-order valence-corrected chi connectivity index (χ1v) is 22.3. The predicted molar refractivity (Wildman–Crippen MR) is 157 cm³/mol. The van der Waals surface area contributed by atoms with E-state index in [4.69, 9.17) is 17.0 Å². The van der Waals surface area contributed by atoms with Crippen molar-refractivity contribution in [2.45, 2.75) is 13.8 Å². The molecule has 0 bridgehead atoms. The van der Waals surface area contributed by atoms with E-state index in [0.29, 0.717) is 0 Å². The fraction of sp³-hybridized carbons (Fsp3) is 0.0625. The van der Waals surface area contributed by atoms with Crippen molar-refractivity contribution in [1.29, 1.82) is 0 Å². The molecule has 0 nitrogen and oxygen atoms in total. The molecule has 0 saturated carbocycles. The van der Waals surface area contributed by atoms with Gasteiger partial charge in [0.15, 0.2) is 0 Å². The van der Waals surface area contributed by atoms with Gasteiger partial charge in [0.25, 0.3) is 0 Å². The van der Waals surface area contributed by atoms with Crippen LogP contribution in [0, 0.1) is 13.8 Å². The fourth-order valence-corrected chi connectivity index (χ4v) is 4.51. The average molecular weight is 601 g/mol. The number of hydrogen-bond acceptors (Lipinski definition) is 0. The Kier molecular flexibility index (Phi) is 9.57. The summed E-state index contributed by atoms with van der Waals surface area (Å²) >= 11 is -1.79. The molecule has 0 heterocycles. The van der Waals surface area contributed by atoms with E-state index in [1.807, 2.05) is 0 Å². The van der Waals surface area contributed by atoms with Crippen LogP contribution in [0.25, 0.3) is 43.8 Å². The number of benzene rings is 4. The van der Waals surface area contributed by atoms with Crippen molar-refractivity contribution >= 4 is 45.4 Å². The molecule has 0 saturated heterocycles. The molecule has 0 aliphatic rings. The third kappa shape index (κ3) is 6.96. The van der Waals surface area contributed by atoms with Gasteiger partial charge >= 0.3 is 41.9 Å². The minimum absolute atomic E-state index is 1.29. The van der Waals surface area contributed by atoms with E-state index in [1.54, 1.807) is 0 Å². The second kappa shape index (κ2) is 12.8. The number of fused-ring (bicyclic) bond motifs is 2. The van der Waals surface area contributed by atoms with Gasteiger partial charge in [-0.3, -0.25) is 0 Å². The average Bonchev–Trinajstić information content (AvgIpc) is 3.45. The zero-order valence-electron chi connectivity index (χ0n) is 20.3. The van der Waals surface area contributed by atoms with Gasteiger partial charge in [-0.25, -0.2) is 0 Å². The molecule has 0 N–H and O–H groups in total. The quantitative estimate of drug-likeness (QED) is 0.137. The zero-order valence-corrected chi connectivity index (χ0v) is 25.3. The van der Waals surface area contributed by atoms with Gasteiger partial charge in [-0.2, -0.15) is 12.1 Å². The van der Waals surface area contributed by atoms with Gasteiger partial charge in [-0.15, -0.1) is 69.1 Å². The molecule has 0 aliphatic carbocycles. The number of hydrogen-bond donors (Lipinski definition) is 0. The third-order valence-electron chi connectivity index (χ3n) is 5.96. The van der Waals surface area contributed by atoms with E-state index >= 15 is 0 Å². The Bertz CT molecular complexity index is 1460. The van der Waals surface area contributed by atoms with Gasteiger partial charge in [-0.05, 0) is 11.1 Å². The summed E-state index contributed by atoms with van der Waals surface area (Å²) < 4.78 is 0. The monoisotopic (exact) mass is 598 g/mol. The molecule has 6 rings (SSSR count). The van der Waals surface area contributed by atoms with Gasteiger partial charge in [0.05, 0.1) is 0 Å². The van der Waals surface area contributed by atoms with E-state index < -0.39 is 18.0 Å². The Morgan fingerprint density at radius 1 is 0.556 bits per heavy atom. The van der Waals surface area contributed by atoms with Gasteiger partial charge in [0, 0.05) is 0 Å². The van der Waals surface area contributed by atoms with Crippen LogP contribution in [0.2, 0.25) is 0 Å². The van der Waals surface area contributed by atoms with E-state index in [0.717, 1.165) is 0 Å². The summed E-state index contributed by atoms with van der Waals surface area (Å²) in [4.78, 5) is 0. The van der Waals surface area contributed by atoms with Crippen LogP contribution in [0.1, 0.15) is 11.1 Å². The Morgan fingerprint density at radius 2 is 0.917 bits per heavy atom. The number of rotatable bonds is 2. The molecule has 0 aliphatic heterocycles. The molecule has 0 atom stereocenters. The van der Waals surface area contributed by atoms with Crippen LogP contribution in [0.5, 0.6) is 0 Å². The zero-order chi connectivity index (χ0) is 25.5. The molecule has 36 heavy (non-hydrogen) atoms. The summed E-state index contributed by atoms with van der Waals surface area (Å²) in [5.41, 5.74) is 7.89. The van der Waals surface area contributed by atoms with Crippen molar-refractivity contribution in [3.05, 3.63) is 132 Å². The summed E-state index contributed by atoms with van der Waals surface area (Å²) in [5.74, 6) is 0. The molecular formula is C32H26Cl2SiZr-2. The Balaban J connectivity index is 0.000000148. The molecule has 0 spiro atoms. The SMILES string of the molecule is Cc1cc2c(-c3ccccc3)cccc2[cH-]1.Cc1cc2c(-c3ccccc3)cccc2[cH-]1.[Si]=[Zr]([Cl])[Cl]. The normalized spacial score (nSPS) is 10.3. The van der Waals surface area contributed by atoms with Gasteiger partial charge < -0.3 is 0 Å². The van der Waals surface area contributed by atoms with Crippen LogP contribution in [-0.2, 0) is 18.0 Å². The standard InChI is InChI=1S/2C16H13.2ClH.Si.Zr/c2*1-12-10-14-8-5-9-15(16(14)11-12)13-6-3-2-4-7-13;;;;/h2*2-11H,1H3;2*1H;;/q2*-1;;;;+2/p-2. The van der Waals surface area contributed by atoms with Crippen molar-refractivity contribution in [1.82, 2.24) is 0 Å². The first-order valence-electron chi connectivity index (χ1n) is 11.7. The molecule has 6 aromatic rings. The van der Waals surface area contributed by atoms with E-state index in [9.17, 15) is 0 Å². The Labute approximate surface area is 230 Å². The van der Waals surface area contributed by atoms with Crippen molar-refractivity contribution in [2.24, 2.45) is 0 Å². The van der Waals surface area contributed by atoms with E-state index in [-0.39, 0.29) is 0 Å². The van der Waals surface area contributed by atoms with Gasteiger partial charge in [-0.1, -0.05) is 97.8 Å². The number of halogens is 2. The summed E-state index contributed by atoms with van der Waals surface area (Å²) in [7, 11) is 10.3. The topological polar surface area (TPSA) is 0 Å². The van der Waals surface area contributed by atoms with Crippen LogP contribution in [-0.4, -0.2) is 6.88 Å². The summed E-state index contributed by atoms with van der Waals surface area (Å²) in [6, 6.07) is 43.1. The Morgan fingerprint density at radius 3 is 1.28 bits per heavy atom. The second-order valence-corrected chi connectivity index (χ2v) is 22.3. The molecule has 4 heteroatoms. The summed E-state index contributed by atoms with van der Waals surface area (Å²) in [5, 5.41) is 5.37. The van der Waals surface area contributed by atoms with Crippen molar-refractivity contribution in [2.75, 3.05) is 0 Å². The van der Waals surface area contributed by atoms with Crippen LogP contribution < -0.4 is 0 Å². The van der Waals surface area contributed by atoms with Crippen molar-refractivity contribution in [3.63, 3.8) is 0 Å². The summed E-state index contributed by atoms with van der Waals surface area (Å²) in [6.45, 7) is 7.33. The first kappa shape index (κ1) is 26.8. The Hall–Kier alpha value is -2.22. The molecule has 0 aromatic heterocycles. The van der Waals surface area contributed by atoms with E-state index in [2.05, 4.69) is 142 Å². The van der Waals surface area contributed by atoms with Crippen LogP contribution in [0.15, 0.2) is 121 Å². The molecular weight excluding hydrogens is 575 g/mol. The number of aryl methyl sites for hydroxylation is 2. The van der Waals surface area contributed by atoms with Gasteiger partial charge in [0.2, 0.25) is 0 Å². The molecule has 0 amide bonds. The third-order valence-corrected chi connectivity index (χ3v) is 5.96. The van der Waals surface area contributed by atoms with Gasteiger partial charge in [0.1, 0.15) is 0 Å². The fourth-order valence-electron chi connectivity index (χ4n) is 4.51. The van der Waals surface area contributed by atoms with Crippen molar-refractivity contribution in [3.8, 4) is 22.3 Å². The van der Waals surface area contributed by atoms with Crippen LogP contribution in [0.3, 0.4) is 0 Å². The minimum atomic E-state index is -1.79. The first-order chi connectivity index (χ1) is 17.4. The molecule has 6 aromatic carbocycles. The maximum absolute atomic E-state index is 5.15. The predicted octanol–water partition coefficient (Wildman–Crippen LogP) is 10.1. The molecule has 2 radical (unpaired) electrons.